The fraction of sp³-hybridized carbons (Fsp3) is 0.263. The summed E-state index contributed by atoms with van der Waals surface area (Å²) in [6.45, 7) is 2.01. The predicted octanol–water partition coefficient (Wildman–Crippen LogP) is 2.66. The van der Waals surface area contributed by atoms with E-state index in [0.29, 0.717) is 12.4 Å². The Balaban J connectivity index is 2.06. The molecule has 2 aromatic rings. The summed E-state index contributed by atoms with van der Waals surface area (Å²) < 4.78 is 35.6. The van der Waals surface area contributed by atoms with E-state index in [1.54, 1.807) is 24.3 Å². The smallest absolute Gasteiger partial charge is 0.260 e. The Morgan fingerprint density at radius 2 is 1.93 bits per heavy atom. The summed E-state index contributed by atoms with van der Waals surface area (Å²) in [6.07, 6.45) is 2.45. The van der Waals surface area contributed by atoms with Crippen molar-refractivity contribution in [2.45, 2.75) is 6.92 Å². The normalized spacial score (nSPS) is 11.3. The van der Waals surface area contributed by atoms with E-state index in [4.69, 9.17) is 21.1 Å². The van der Waals surface area contributed by atoms with E-state index in [0.717, 1.165) is 21.9 Å². The Bertz CT molecular complexity index is 978. The maximum atomic E-state index is 12.2. The minimum Gasteiger partial charge on any atom is -0.495 e. The molecule has 1 amide bonds. The first-order chi connectivity index (χ1) is 13.7. The van der Waals surface area contributed by atoms with E-state index >= 15 is 0 Å². The molecule has 156 valence electrons. The molecule has 0 unspecified atom stereocenters. The van der Waals surface area contributed by atoms with Gasteiger partial charge in [-0.25, -0.2) is 13.8 Å². The first-order valence-corrected chi connectivity index (χ1v) is 10.8. The van der Waals surface area contributed by atoms with Crippen molar-refractivity contribution in [1.82, 2.24) is 5.43 Å². The quantitative estimate of drug-likeness (QED) is 0.478. The van der Waals surface area contributed by atoms with Gasteiger partial charge in [0.2, 0.25) is 10.0 Å². The van der Waals surface area contributed by atoms with Crippen LogP contribution >= 0.6 is 11.6 Å². The molecule has 0 fully saturated rings. The molecule has 0 saturated heterocycles. The highest BCUT2D eigenvalue weighted by Gasteiger charge is 2.21. The molecule has 2 aromatic carbocycles. The number of hydrogen-bond donors (Lipinski definition) is 1. The lowest BCUT2D eigenvalue weighted by Gasteiger charge is -2.21. The number of amides is 1. The van der Waals surface area contributed by atoms with E-state index in [2.05, 4.69) is 10.5 Å². The number of sulfonamides is 1. The fourth-order valence-corrected chi connectivity index (χ4v) is 3.47. The molecular formula is C19H22ClN3O5S. The Morgan fingerprint density at radius 3 is 2.48 bits per heavy atom. The van der Waals surface area contributed by atoms with Crippen molar-refractivity contribution in [2.75, 3.05) is 30.8 Å². The van der Waals surface area contributed by atoms with Gasteiger partial charge >= 0.3 is 0 Å². The van der Waals surface area contributed by atoms with Crippen LogP contribution in [0.15, 0.2) is 47.6 Å². The second-order valence-corrected chi connectivity index (χ2v) is 8.20. The lowest BCUT2D eigenvalue weighted by atomic mass is 10.2. The Kier molecular flexibility index (Phi) is 7.86. The first-order valence-electron chi connectivity index (χ1n) is 8.60. The van der Waals surface area contributed by atoms with Crippen LogP contribution in [-0.2, 0) is 14.8 Å². The van der Waals surface area contributed by atoms with Gasteiger partial charge in [-0.15, -0.1) is 0 Å². The molecule has 0 aliphatic heterocycles. The molecule has 0 bridgehead atoms. The van der Waals surface area contributed by atoms with Crippen molar-refractivity contribution in [3.63, 3.8) is 0 Å². The van der Waals surface area contributed by atoms with E-state index < -0.39 is 22.5 Å². The topological polar surface area (TPSA) is 97.3 Å². The van der Waals surface area contributed by atoms with E-state index in [-0.39, 0.29) is 10.7 Å². The van der Waals surface area contributed by atoms with Gasteiger partial charge < -0.3 is 9.47 Å². The van der Waals surface area contributed by atoms with Crippen LogP contribution in [0.3, 0.4) is 0 Å². The average Bonchev–Trinajstić information content (AvgIpc) is 2.67. The maximum Gasteiger partial charge on any atom is 0.260 e. The molecule has 0 aliphatic rings. The van der Waals surface area contributed by atoms with E-state index in [9.17, 15) is 13.2 Å². The number of nitrogens with one attached hydrogen (secondary N) is 1. The zero-order chi connectivity index (χ0) is 21.4. The molecule has 0 spiro atoms. The summed E-state index contributed by atoms with van der Waals surface area (Å²) in [5.74, 6) is 0.522. The van der Waals surface area contributed by atoms with Crippen LogP contribution in [0.1, 0.15) is 12.5 Å². The largest absolute Gasteiger partial charge is 0.495 e. The van der Waals surface area contributed by atoms with Gasteiger partial charge in [0.25, 0.3) is 5.91 Å². The van der Waals surface area contributed by atoms with Crippen molar-refractivity contribution in [2.24, 2.45) is 5.10 Å². The van der Waals surface area contributed by atoms with Gasteiger partial charge in [0.15, 0.2) is 0 Å². The van der Waals surface area contributed by atoms with Crippen molar-refractivity contribution < 1.29 is 22.7 Å². The molecule has 2 rings (SSSR count). The number of anilines is 1. The first kappa shape index (κ1) is 22.5. The lowest BCUT2D eigenvalue weighted by Crippen LogP contribution is -2.39. The second kappa shape index (κ2) is 10.1. The number of benzene rings is 2. The van der Waals surface area contributed by atoms with Gasteiger partial charge in [-0.3, -0.25) is 9.10 Å². The van der Waals surface area contributed by atoms with Gasteiger partial charge in [0.1, 0.15) is 18.0 Å². The lowest BCUT2D eigenvalue weighted by molar-refractivity contribution is -0.119. The van der Waals surface area contributed by atoms with Crippen molar-refractivity contribution in [3.8, 4) is 11.5 Å². The summed E-state index contributed by atoms with van der Waals surface area (Å²) >= 11 is 6.06. The van der Waals surface area contributed by atoms with Crippen LogP contribution in [0.2, 0.25) is 5.02 Å². The minimum atomic E-state index is -3.73. The van der Waals surface area contributed by atoms with Crippen LogP contribution < -0.4 is 19.2 Å². The van der Waals surface area contributed by atoms with Crippen molar-refractivity contribution in [3.05, 3.63) is 53.1 Å². The van der Waals surface area contributed by atoms with E-state index in [1.807, 2.05) is 6.92 Å². The van der Waals surface area contributed by atoms with Gasteiger partial charge in [0.05, 0.1) is 36.9 Å². The summed E-state index contributed by atoms with van der Waals surface area (Å²) in [7, 11) is -2.28. The van der Waals surface area contributed by atoms with Gasteiger partial charge in [-0.05, 0) is 55.0 Å². The third-order valence-electron chi connectivity index (χ3n) is 3.70. The summed E-state index contributed by atoms with van der Waals surface area (Å²) in [5, 5.41) is 4.09. The molecule has 29 heavy (non-hydrogen) atoms. The number of ether oxygens (including phenoxy) is 2. The Hall–Kier alpha value is -2.78. The number of carbonyl (C=O) groups excluding carboxylic acids is 1. The summed E-state index contributed by atoms with van der Waals surface area (Å²) in [5.41, 5.74) is 3.30. The van der Waals surface area contributed by atoms with Crippen LogP contribution in [0.5, 0.6) is 11.5 Å². The third kappa shape index (κ3) is 6.65. The number of rotatable bonds is 9. The number of carbonyl (C=O) groups is 1. The molecule has 8 nitrogen and oxygen atoms in total. The second-order valence-electron chi connectivity index (χ2n) is 5.88. The molecule has 0 atom stereocenters. The van der Waals surface area contributed by atoms with Crippen LogP contribution in [-0.4, -0.2) is 47.1 Å². The fourth-order valence-electron chi connectivity index (χ4n) is 2.37. The zero-order valence-corrected chi connectivity index (χ0v) is 17.8. The predicted molar refractivity (Wildman–Crippen MR) is 114 cm³/mol. The van der Waals surface area contributed by atoms with E-state index in [1.165, 1.54) is 31.5 Å². The highest BCUT2D eigenvalue weighted by atomic mass is 35.5. The Morgan fingerprint density at radius 1 is 1.24 bits per heavy atom. The highest BCUT2D eigenvalue weighted by molar-refractivity contribution is 7.92. The SMILES string of the molecule is CCOc1ccc(/C=N\NC(=O)CN(c2ccc(OC)c(Cl)c2)S(C)(=O)=O)cc1. The highest BCUT2D eigenvalue weighted by Crippen LogP contribution is 2.30. The molecule has 10 heteroatoms. The number of methoxy groups -OCH3 is 1. The average molecular weight is 440 g/mol. The Labute approximate surface area is 175 Å². The molecule has 0 aliphatic carbocycles. The number of halogens is 1. The number of hydrogen-bond acceptors (Lipinski definition) is 6. The summed E-state index contributed by atoms with van der Waals surface area (Å²) in [6, 6.07) is 11.6. The number of nitrogens with zero attached hydrogens (tertiary/aromatic N) is 2. The molecule has 0 saturated carbocycles. The summed E-state index contributed by atoms with van der Waals surface area (Å²) in [4.78, 5) is 12.2. The van der Waals surface area contributed by atoms with Gasteiger partial charge in [-0.1, -0.05) is 11.6 Å². The van der Waals surface area contributed by atoms with Crippen molar-refractivity contribution >= 4 is 39.4 Å². The minimum absolute atomic E-state index is 0.229. The van der Waals surface area contributed by atoms with Crippen LogP contribution in [0.25, 0.3) is 0 Å². The monoisotopic (exact) mass is 439 g/mol. The maximum absolute atomic E-state index is 12.2. The zero-order valence-electron chi connectivity index (χ0n) is 16.3. The standard InChI is InChI=1S/C19H22ClN3O5S/c1-4-28-16-8-5-14(6-9-16)12-21-22-19(24)13-23(29(3,25)26)15-7-10-18(27-2)17(20)11-15/h5-12H,4,13H2,1-3H3,(H,22,24)/b21-12-. The molecule has 0 aromatic heterocycles. The van der Waals surface area contributed by atoms with Crippen LogP contribution in [0.4, 0.5) is 5.69 Å². The third-order valence-corrected chi connectivity index (χ3v) is 5.14. The van der Waals surface area contributed by atoms with Gasteiger partial charge in [0, 0.05) is 0 Å². The molecule has 0 heterocycles. The molecule has 0 radical (unpaired) electrons. The molecular weight excluding hydrogens is 418 g/mol. The number of hydrazone groups is 1. The van der Waals surface area contributed by atoms with Crippen molar-refractivity contribution in [1.29, 1.82) is 0 Å². The molecule has 1 N–H and O–H groups in total. The van der Waals surface area contributed by atoms with Gasteiger partial charge in [-0.2, -0.15) is 5.10 Å². The van der Waals surface area contributed by atoms with Crippen LogP contribution in [0, 0.1) is 0 Å².